The fourth-order valence-electron chi connectivity index (χ4n) is 3.37. The number of hydrogen-bond acceptors (Lipinski definition) is 6. The normalized spacial score (nSPS) is 14.7. The van der Waals surface area contributed by atoms with Crippen molar-refractivity contribution < 1.29 is 29.4 Å². The van der Waals surface area contributed by atoms with Crippen LogP contribution in [0.25, 0.3) is 0 Å². The summed E-state index contributed by atoms with van der Waals surface area (Å²) < 4.78 is 0. The standard InChI is InChI=1S/C24H38N4O6/c1-14(2)10-18(26-21(30)17(25)12-16-8-6-5-7-9-16)22(31)28-20(13-29)23(32)27-19(24(33)34)11-15(3)4/h5-9,14-15,17-20,29H,10-13,25H2,1-4H3,(H,26,30)(H,27,32)(H,28,31)(H,33,34). The molecule has 0 bridgehead atoms. The molecule has 1 aromatic rings. The Hall–Kier alpha value is -2.98. The van der Waals surface area contributed by atoms with Gasteiger partial charge in [-0.25, -0.2) is 4.79 Å². The molecular formula is C24H38N4O6. The highest BCUT2D eigenvalue weighted by molar-refractivity contribution is 5.94. The van der Waals surface area contributed by atoms with Gasteiger partial charge in [-0.05, 0) is 36.7 Å². The van der Waals surface area contributed by atoms with Gasteiger partial charge in [0, 0.05) is 0 Å². The number of nitrogens with two attached hydrogens (primary N) is 1. The maximum atomic E-state index is 12.9. The molecular weight excluding hydrogens is 440 g/mol. The Bertz CT molecular complexity index is 815. The highest BCUT2D eigenvalue weighted by Crippen LogP contribution is 2.08. The second-order valence-corrected chi connectivity index (χ2v) is 9.26. The number of carbonyl (C=O) groups is 4. The van der Waals surface area contributed by atoms with Crippen LogP contribution in [0.2, 0.25) is 0 Å². The number of carboxylic acid groups (broad SMARTS) is 1. The van der Waals surface area contributed by atoms with Gasteiger partial charge in [-0.1, -0.05) is 58.0 Å². The van der Waals surface area contributed by atoms with Gasteiger partial charge >= 0.3 is 5.97 Å². The van der Waals surface area contributed by atoms with Crippen molar-refractivity contribution >= 4 is 23.7 Å². The van der Waals surface area contributed by atoms with Crippen molar-refractivity contribution in [3.05, 3.63) is 35.9 Å². The number of carbonyl (C=O) groups excluding carboxylic acids is 3. The first-order chi connectivity index (χ1) is 15.9. The Kier molecular flexibility index (Phi) is 12.2. The number of benzene rings is 1. The number of amides is 3. The van der Waals surface area contributed by atoms with E-state index in [0.29, 0.717) is 0 Å². The average Bonchev–Trinajstić information content (AvgIpc) is 2.76. The highest BCUT2D eigenvalue weighted by Gasteiger charge is 2.30. The predicted octanol–water partition coefficient (Wildman–Crippen LogP) is 0.180. The van der Waals surface area contributed by atoms with Crippen molar-refractivity contribution in [1.82, 2.24) is 16.0 Å². The predicted molar refractivity (Wildman–Crippen MR) is 128 cm³/mol. The molecule has 1 aromatic carbocycles. The topological polar surface area (TPSA) is 171 Å². The summed E-state index contributed by atoms with van der Waals surface area (Å²) >= 11 is 0. The average molecular weight is 479 g/mol. The third-order valence-electron chi connectivity index (χ3n) is 5.11. The Morgan fingerprint density at radius 3 is 1.76 bits per heavy atom. The monoisotopic (exact) mass is 478 g/mol. The number of aliphatic carboxylic acids is 1. The Morgan fingerprint density at radius 2 is 1.26 bits per heavy atom. The van der Waals surface area contributed by atoms with Gasteiger partial charge in [0.2, 0.25) is 17.7 Å². The van der Waals surface area contributed by atoms with Gasteiger partial charge in [-0.2, -0.15) is 0 Å². The minimum absolute atomic E-state index is 0.00861. The van der Waals surface area contributed by atoms with E-state index in [1.807, 2.05) is 58.0 Å². The van der Waals surface area contributed by atoms with E-state index in [1.54, 1.807) is 0 Å². The molecule has 0 saturated carbocycles. The second kappa shape index (κ2) is 14.3. The van der Waals surface area contributed by atoms with Crippen LogP contribution in [-0.2, 0) is 25.6 Å². The van der Waals surface area contributed by atoms with Crippen LogP contribution in [0.3, 0.4) is 0 Å². The molecule has 0 fully saturated rings. The van der Waals surface area contributed by atoms with Crippen LogP contribution >= 0.6 is 0 Å². The molecule has 0 radical (unpaired) electrons. The van der Waals surface area contributed by atoms with Crippen LogP contribution in [-0.4, -0.2) is 64.7 Å². The molecule has 0 aromatic heterocycles. The van der Waals surface area contributed by atoms with Crippen LogP contribution in [0, 0.1) is 11.8 Å². The number of aliphatic hydroxyl groups is 1. The van der Waals surface area contributed by atoms with E-state index in [-0.39, 0.29) is 31.1 Å². The lowest BCUT2D eigenvalue weighted by Crippen LogP contribution is -2.58. The lowest BCUT2D eigenvalue weighted by atomic mass is 10.0. The van der Waals surface area contributed by atoms with Crippen molar-refractivity contribution in [2.45, 2.75) is 71.1 Å². The van der Waals surface area contributed by atoms with Crippen LogP contribution in [0.15, 0.2) is 30.3 Å². The Labute approximate surface area is 200 Å². The maximum absolute atomic E-state index is 12.9. The van der Waals surface area contributed by atoms with Crippen molar-refractivity contribution in [1.29, 1.82) is 0 Å². The molecule has 0 aliphatic carbocycles. The van der Waals surface area contributed by atoms with Gasteiger partial charge in [0.05, 0.1) is 12.6 Å². The van der Waals surface area contributed by atoms with E-state index in [9.17, 15) is 29.4 Å². The van der Waals surface area contributed by atoms with Gasteiger partial charge in [-0.3, -0.25) is 14.4 Å². The van der Waals surface area contributed by atoms with Crippen LogP contribution in [0.1, 0.15) is 46.1 Å². The van der Waals surface area contributed by atoms with E-state index in [0.717, 1.165) is 5.56 Å². The van der Waals surface area contributed by atoms with Crippen molar-refractivity contribution in [3.63, 3.8) is 0 Å². The maximum Gasteiger partial charge on any atom is 0.326 e. The molecule has 34 heavy (non-hydrogen) atoms. The van der Waals surface area contributed by atoms with E-state index < -0.39 is 54.5 Å². The van der Waals surface area contributed by atoms with Crippen LogP contribution < -0.4 is 21.7 Å². The van der Waals surface area contributed by atoms with Gasteiger partial charge in [0.15, 0.2) is 0 Å². The second-order valence-electron chi connectivity index (χ2n) is 9.26. The zero-order valence-corrected chi connectivity index (χ0v) is 20.3. The van der Waals surface area contributed by atoms with Gasteiger partial charge in [-0.15, -0.1) is 0 Å². The summed E-state index contributed by atoms with van der Waals surface area (Å²) in [6.07, 6.45) is 0.760. The summed E-state index contributed by atoms with van der Waals surface area (Å²) in [5.74, 6) is -3.17. The number of carboxylic acids is 1. The van der Waals surface area contributed by atoms with Crippen molar-refractivity contribution in [3.8, 4) is 0 Å². The Morgan fingerprint density at radius 1 is 0.794 bits per heavy atom. The van der Waals surface area contributed by atoms with Gasteiger partial charge < -0.3 is 31.9 Å². The first-order valence-corrected chi connectivity index (χ1v) is 11.5. The van der Waals surface area contributed by atoms with Crippen LogP contribution in [0.5, 0.6) is 0 Å². The third kappa shape index (κ3) is 10.3. The molecule has 1 rings (SSSR count). The molecule has 0 aliphatic heterocycles. The highest BCUT2D eigenvalue weighted by atomic mass is 16.4. The van der Waals surface area contributed by atoms with Crippen molar-refractivity contribution in [2.75, 3.05) is 6.61 Å². The van der Waals surface area contributed by atoms with E-state index in [2.05, 4.69) is 16.0 Å². The molecule has 0 saturated heterocycles. The lowest BCUT2D eigenvalue weighted by Gasteiger charge is -2.25. The number of rotatable bonds is 14. The molecule has 0 spiro atoms. The molecule has 10 heteroatoms. The zero-order chi connectivity index (χ0) is 25.8. The minimum Gasteiger partial charge on any atom is -0.480 e. The first kappa shape index (κ1) is 29.1. The van der Waals surface area contributed by atoms with E-state index in [4.69, 9.17) is 5.73 Å². The van der Waals surface area contributed by atoms with Gasteiger partial charge in [0.1, 0.15) is 18.1 Å². The largest absolute Gasteiger partial charge is 0.480 e. The van der Waals surface area contributed by atoms with E-state index >= 15 is 0 Å². The van der Waals surface area contributed by atoms with Gasteiger partial charge in [0.25, 0.3) is 0 Å². The van der Waals surface area contributed by atoms with E-state index in [1.165, 1.54) is 0 Å². The molecule has 10 nitrogen and oxygen atoms in total. The fourth-order valence-corrected chi connectivity index (χ4v) is 3.37. The SMILES string of the molecule is CC(C)CC(NC(=O)C(CO)NC(=O)C(CC(C)C)NC(=O)C(N)Cc1ccccc1)C(=O)O. The zero-order valence-electron chi connectivity index (χ0n) is 20.3. The number of nitrogens with one attached hydrogen (secondary N) is 3. The molecule has 3 amide bonds. The summed E-state index contributed by atoms with van der Waals surface area (Å²) in [4.78, 5) is 49.5. The van der Waals surface area contributed by atoms with Crippen LogP contribution in [0.4, 0.5) is 0 Å². The summed E-state index contributed by atoms with van der Waals surface area (Å²) in [6, 6.07) is 4.84. The summed E-state index contributed by atoms with van der Waals surface area (Å²) in [6.45, 7) is 6.64. The third-order valence-corrected chi connectivity index (χ3v) is 5.11. The molecule has 0 heterocycles. The lowest BCUT2D eigenvalue weighted by molar-refractivity contribution is -0.143. The summed E-state index contributed by atoms with van der Waals surface area (Å²) in [5.41, 5.74) is 6.90. The molecule has 190 valence electrons. The molecule has 7 N–H and O–H groups in total. The molecule has 0 aliphatic rings. The quantitative estimate of drug-likeness (QED) is 0.221. The smallest absolute Gasteiger partial charge is 0.326 e. The fraction of sp³-hybridized carbons (Fsp3) is 0.583. The molecule has 4 atom stereocenters. The number of hydrogen-bond donors (Lipinski definition) is 6. The first-order valence-electron chi connectivity index (χ1n) is 11.5. The minimum atomic E-state index is -1.37. The summed E-state index contributed by atoms with van der Waals surface area (Å²) in [7, 11) is 0. The van der Waals surface area contributed by atoms with Crippen molar-refractivity contribution in [2.24, 2.45) is 17.6 Å². The molecule has 4 unspecified atom stereocenters. The number of aliphatic hydroxyl groups excluding tert-OH is 1. The Balaban J connectivity index is 2.84. The summed E-state index contributed by atoms with van der Waals surface area (Å²) in [5, 5.41) is 26.4.